The van der Waals surface area contributed by atoms with E-state index in [1.165, 1.54) is 11.8 Å². The molecule has 4 N–H and O–H groups in total. The molecule has 4 nitrogen and oxygen atoms in total. The first-order valence-corrected chi connectivity index (χ1v) is 5.91. The van der Waals surface area contributed by atoms with Crippen molar-refractivity contribution in [1.82, 2.24) is 4.98 Å². The molecule has 0 aliphatic rings. The lowest BCUT2D eigenvalue weighted by Gasteiger charge is -2.09. The summed E-state index contributed by atoms with van der Waals surface area (Å²) in [5.41, 5.74) is 7.39. The van der Waals surface area contributed by atoms with E-state index in [0.29, 0.717) is 10.7 Å². The molecule has 0 saturated heterocycles. The van der Waals surface area contributed by atoms with Gasteiger partial charge in [-0.05, 0) is 30.3 Å². The van der Waals surface area contributed by atoms with E-state index in [1.54, 1.807) is 18.3 Å². The zero-order chi connectivity index (χ0) is 12.3. The molecule has 2 aromatic rings. The van der Waals surface area contributed by atoms with Gasteiger partial charge in [-0.15, -0.1) is 0 Å². The monoisotopic (exact) mass is 247 g/mol. The highest BCUT2D eigenvalue weighted by molar-refractivity contribution is 7.99. The summed E-state index contributed by atoms with van der Waals surface area (Å²) >= 11 is 1.38. The summed E-state index contributed by atoms with van der Waals surface area (Å²) in [6.07, 6.45) is 1.65. The molecule has 0 spiro atoms. The molecule has 1 aromatic heterocycles. The van der Waals surface area contributed by atoms with Gasteiger partial charge < -0.3 is 16.2 Å². The molecule has 0 aliphatic heterocycles. The molecule has 0 fully saturated rings. The molecule has 0 radical (unpaired) electrons. The maximum Gasteiger partial charge on any atom is 0.148 e. The largest absolute Gasteiger partial charge is 0.505 e. The van der Waals surface area contributed by atoms with Gasteiger partial charge in [-0.3, -0.25) is 0 Å². The third-order valence-electron chi connectivity index (χ3n) is 2.23. The number of hydrogen-bond donors (Lipinski definition) is 3. The Morgan fingerprint density at radius 3 is 2.88 bits per heavy atom. The Morgan fingerprint density at radius 1 is 1.35 bits per heavy atom. The molecule has 2 rings (SSSR count). The van der Waals surface area contributed by atoms with Gasteiger partial charge in [-0.25, -0.2) is 4.98 Å². The number of nitrogens with zero attached hydrogens (tertiary/aromatic N) is 1. The predicted molar refractivity (Wildman–Crippen MR) is 70.4 cm³/mol. The number of benzene rings is 1. The van der Waals surface area contributed by atoms with Crippen LogP contribution in [0.3, 0.4) is 0 Å². The fraction of sp³-hybridized carbons (Fsp3) is 0.0833. The summed E-state index contributed by atoms with van der Waals surface area (Å²) in [6, 6.07) is 8.88. The fourth-order valence-electron chi connectivity index (χ4n) is 1.40. The summed E-state index contributed by atoms with van der Waals surface area (Å²) in [6.45, 7) is 0. The lowest BCUT2D eigenvalue weighted by Crippen LogP contribution is -1.93. The summed E-state index contributed by atoms with van der Waals surface area (Å²) in [5, 5.41) is 13.3. The average molecular weight is 247 g/mol. The second-order valence-electron chi connectivity index (χ2n) is 3.44. The maximum atomic E-state index is 9.67. The number of rotatable bonds is 3. The lowest BCUT2D eigenvalue weighted by molar-refractivity contribution is 0.457. The second-order valence-corrected chi connectivity index (χ2v) is 4.47. The van der Waals surface area contributed by atoms with Crippen molar-refractivity contribution < 1.29 is 5.11 Å². The quantitative estimate of drug-likeness (QED) is 0.727. The minimum Gasteiger partial charge on any atom is -0.505 e. The Hall–Kier alpha value is -1.88. The van der Waals surface area contributed by atoms with Crippen LogP contribution in [0.15, 0.2) is 46.5 Å². The molecular weight excluding hydrogens is 234 g/mol. The smallest absolute Gasteiger partial charge is 0.148 e. The Kier molecular flexibility index (Phi) is 3.39. The van der Waals surface area contributed by atoms with Crippen LogP contribution in [0.5, 0.6) is 5.75 Å². The van der Waals surface area contributed by atoms with Crippen LogP contribution in [0.1, 0.15) is 0 Å². The van der Waals surface area contributed by atoms with Crippen molar-refractivity contribution in [2.75, 3.05) is 18.1 Å². The Labute approximate surface area is 104 Å². The van der Waals surface area contributed by atoms with Crippen LogP contribution in [-0.4, -0.2) is 17.1 Å². The second kappa shape index (κ2) is 4.97. The summed E-state index contributed by atoms with van der Waals surface area (Å²) in [5.74, 6) is 0.168. The number of pyridine rings is 1. The zero-order valence-corrected chi connectivity index (χ0v) is 10.2. The topological polar surface area (TPSA) is 71.2 Å². The number of hydrogen-bond acceptors (Lipinski definition) is 5. The van der Waals surface area contributed by atoms with Crippen LogP contribution in [0.2, 0.25) is 0 Å². The Bertz CT molecular complexity index is 531. The molecule has 1 aromatic carbocycles. The SMILES string of the molecule is CNc1ccc(N)cc1Sc1ncccc1O. The van der Waals surface area contributed by atoms with Crippen molar-refractivity contribution >= 4 is 23.1 Å². The van der Waals surface area contributed by atoms with Crippen LogP contribution in [0.25, 0.3) is 0 Å². The van der Waals surface area contributed by atoms with Gasteiger partial charge in [0.15, 0.2) is 0 Å². The van der Waals surface area contributed by atoms with Gasteiger partial charge in [0.1, 0.15) is 10.8 Å². The van der Waals surface area contributed by atoms with E-state index in [2.05, 4.69) is 10.3 Å². The number of nitrogens with one attached hydrogen (secondary N) is 1. The molecule has 88 valence electrons. The van der Waals surface area contributed by atoms with Crippen LogP contribution < -0.4 is 11.1 Å². The third kappa shape index (κ3) is 2.62. The summed E-state index contributed by atoms with van der Waals surface area (Å²) in [7, 11) is 1.84. The van der Waals surface area contributed by atoms with E-state index in [0.717, 1.165) is 10.6 Å². The van der Waals surface area contributed by atoms with Crippen molar-refractivity contribution in [1.29, 1.82) is 0 Å². The third-order valence-corrected chi connectivity index (χ3v) is 3.30. The molecule has 0 atom stereocenters. The van der Waals surface area contributed by atoms with Gasteiger partial charge in [0.2, 0.25) is 0 Å². The van der Waals surface area contributed by atoms with E-state index < -0.39 is 0 Å². The van der Waals surface area contributed by atoms with Crippen molar-refractivity contribution in [3.63, 3.8) is 0 Å². The summed E-state index contributed by atoms with van der Waals surface area (Å²) in [4.78, 5) is 5.05. The Morgan fingerprint density at radius 2 is 2.18 bits per heavy atom. The molecular formula is C12H13N3OS. The zero-order valence-electron chi connectivity index (χ0n) is 9.34. The normalized spacial score (nSPS) is 10.2. The maximum absolute atomic E-state index is 9.67. The highest BCUT2D eigenvalue weighted by Gasteiger charge is 2.08. The van der Waals surface area contributed by atoms with Gasteiger partial charge in [-0.1, -0.05) is 11.8 Å². The van der Waals surface area contributed by atoms with Crippen LogP contribution >= 0.6 is 11.8 Å². The van der Waals surface area contributed by atoms with E-state index in [1.807, 2.05) is 25.2 Å². The van der Waals surface area contributed by atoms with Gasteiger partial charge in [-0.2, -0.15) is 0 Å². The summed E-state index contributed by atoms with van der Waals surface area (Å²) < 4.78 is 0. The van der Waals surface area contributed by atoms with Gasteiger partial charge in [0.05, 0.1) is 0 Å². The van der Waals surface area contributed by atoms with Crippen LogP contribution in [0.4, 0.5) is 11.4 Å². The van der Waals surface area contributed by atoms with E-state index in [9.17, 15) is 5.11 Å². The van der Waals surface area contributed by atoms with Crippen molar-refractivity contribution in [2.24, 2.45) is 0 Å². The number of nitrogens with two attached hydrogens (primary N) is 1. The molecule has 0 aliphatic carbocycles. The van der Waals surface area contributed by atoms with Crippen molar-refractivity contribution in [3.8, 4) is 5.75 Å². The van der Waals surface area contributed by atoms with Crippen LogP contribution in [-0.2, 0) is 0 Å². The highest BCUT2D eigenvalue weighted by Crippen LogP contribution is 2.37. The van der Waals surface area contributed by atoms with E-state index >= 15 is 0 Å². The molecule has 0 amide bonds. The van der Waals surface area contributed by atoms with E-state index in [4.69, 9.17) is 5.73 Å². The van der Waals surface area contributed by atoms with Gasteiger partial charge in [0.25, 0.3) is 0 Å². The minimum atomic E-state index is 0.168. The molecule has 0 unspecified atom stereocenters. The van der Waals surface area contributed by atoms with Crippen LogP contribution in [0, 0.1) is 0 Å². The van der Waals surface area contributed by atoms with Gasteiger partial charge in [0, 0.05) is 29.5 Å². The molecule has 17 heavy (non-hydrogen) atoms. The fourth-order valence-corrected chi connectivity index (χ4v) is 2.36. The van der Waals surface area contributed by atoms with Gasteiger partial charge >= 0.3 is 0 Å². The molecule has 1 heterocycles. The number of aromatic hydroxyl groups is 1. The van der Waals surface area contributed by atoms with Crippen molar-refractivity contribution in [3.05, 3.63) is 36.5 Å². The Balaban J connectivity index is 2.35. The molecule has 0 bridgehead atoms. The lowest BCUT2D eigenvalue weighted by atomic mass is 10.3. The first-order valence-electron chi connectivity index (χ1n) is 5.10. The molecule has 5 heteroatoms. The number of aromatic nitrogens is 1. The first-order chi connectivity index (χ1) is 8.20. The average Bonchev–Trinajstić information content (AvgIpc) is 2.32. The van der Waals surface area contributed by atoms with Crippen molar-refractivity contribution in [2.45, 2.75) is 9.92 Å². The first kappa shape index (κ1) is 11.6. The standard InChI is InChI=1S/C12H13N3OS/c1-14-9-5-4-8(13)7-11(9)17-12-10(16)3-2-6-15-12/h2-7,14,16H,13H2,1H3. The predicted octanol–water partition coefficient (Wildman–Crippen LogP) is 2.56. The number of anilines is 2. The van der Waals surface area contributed by atoms with E-state index in [-0.39, 0.29) is 5.75 Å². The molecule has 0 saturated carbocycles. The minimum absolute atomic E-state index is 0.168. The number of nitrogen functional groups attached to an aromatic ring is 1. The highest BCUT2D eigenvalue weighted by atomic mass is 32.2.